The van der Waals surface area contributed by atoms with Crippen LogP contribution in [0.1, 0.15) is 34.5 Å². The molecule has 1 aromatic heterocycles. The Kier molecular flexibility index (Phi) is 9.96. The number of nitrogens with one attached hydrogen (secondary N) is 3. The lowest BCUT2D eigenvalue weighted by Crippen LogP contribution is -2.44. The molecule has 1 saturated heterocycles. The molecule has 1 amide bonds. The maximum Gasteiger partial charge on any atom is 0.291 e. The Bertz CT molecular complexity index is 1060. The molecule has 34 heavy (non-hydrogen) atoms. The van der Waals surface area contributed by atoms with E-state index < -0.39 is 0 Å². The van der Waals surface area contributed by atoms with Crippen LogP contribution in [-0.4, -0.2) is 42.9 Å². The summed E-state index contributed by atoms with van der Waals surface area (Å²) in [5, 5.41) is 9.71. The molecule has 0 radical (unpaired) electrons. The Hall–Kier alpha value is -2.85. The molecule has 0 saturated carbocycles. The summed E-state index contributed by atoms with van der Waals surface area (Å²) >= 11 is 0. The fourth-order valence-electron chi connectivity index (χ4n) is 4.13. The van der Waals surface area contributed by atoms with E-state index in [1.807, 2.05) is 24.3 Å². The monoisotopic (exact) mass is 573 g/mol. The summed E-state index contributed by atoms with van der Waals surface area (Å²) in [6.07, 6.45) is 3.90. The number of furan rings is 1. The van der Waals surface area contributed by atoms with Gasteiger partial charge in [0.1, 0.15) is 0 Å². The molecule has 4 rings (SSSR count). The van der Waals surface area contributed by atoms with Crippen LogP contribution in [0.15, 0.2) is 82.4 Å². The first-order valence-corrected chi connectivity index (χ1v) is 11.4. The third-order valence-electron chi connectivity index (χ3n) is 5.85. The summed E-state index contributed by atoms with van der Waals surface area (Å²) in [7, 11) is 1.78. The smallest absolute Gasteiger partial charge is 0.291 e. The van der Waals surface area contributed by atoms with Gasteiger partial charge in [-0.05, 0) is 54.8 Å². The minimum absolute atomic E-state index is 0. The van der Waals surface area contributed by atoms with Crippen molar-refractivity contribution < 1.29 is 9.21 Å². The van der Waals surface area contributed by atoms with E-state index in [0.717, 1.165) is 36.8 Å². The van der Waals surface area contributed by atoms with Gasteiger partial charge in [-0.1, -0.05) is 42.5 Å². The van der Waals surface area contributed by atoms with Gasteiger partial charge in [0.2, 0.25) is 0 Å². The molecule has 1 fully saturated rings. The van der Waals surface area contributed by atoms with Crippen molar-refractivity contribution in [2.24, 2.45) is 4.99 Å². The molecule has 1 aliphatic heterocycles. The van der Waals surface area contributed by atoms with Crippen molar-refractivity contribution in [3.05, 3.63) is 89.9 Å². The molecule has 2 aromatic carbocycles. The van der Waals surface area contributed by atoms with Gasteiger partial charge in [-0.2, -0.15) is 0 Å². The molecule has 0 bridgehead atoms. The zero-order valence-corrected chi connectivity index (χ0v) is 21.7. The van der Waals surface area contributed by atoms with Gasteiger partial charge < -0.3 is 20.4 Å². The van der Waals surface area contributed by atoms with Crippen LogP contribution in [0.4, 0.5) is 5.69 Å². The van der Waals surface area contributed by atoms with E-state index in [9.17, 15) is 4.79 Å². The average molecular weight is 573 g/mol. The Morgan fingerprint density at radius 3 is 2.65 bits per heavy atom. The predicted octanol–water partition coefficient (Wildman–Crippen LogP) is 4.48. The topological polar surface area (TPSA) is 81.9 Å². The Morgan fingerprint density at radius 2 is 1.88 bits per heavy atom. The van der Waals surface area contributed by atoms with Gasteiger partial charge in [-0.25, -0.2) is 0 Å². The highest BCUT2D eigenvalue weighted by Crippen LogP contribution is 2.19. The van der Waals surface area contributed by atoms with E-state index in [0.29, 0.717) is 12.6 Å². The standard InChI is InChI=1S/C26H31N5O2.HI/c1-27-26(29-18-23-12-6-14-31(23)19-20-8-3-2-4-9-20)28-17-21-10-5-11-22(16-21)30-25(32)24-13-7-15-33-24;/h2-5,7-11,13,15-16,23H,6,12,14,17-19H2,1H3,(H,30,32)(H2,27,28,29);1H. The third-order valence-corrected chi connectivity index (χ3v) is 5.85. The molecule has 3 aromatic rings. The second-order valence-corrected chi connectivity index (χ2v) is 8.19. The number of carbonyl (C=O) groups excluding carboxylic acids is 1. The number of guanidine groups is 1. The first kappa shape index (κ1) is 25.8. The minimum Gasteiger partial charge on any atom is -0.459 e. The van der Waals surface area contributed by atoms with Crippen LogP contribution in [0, 0.1) is 0 Å². The van der Waals surface area contributed by atoms with Gasteiger partial charge in [0.25, 0.3) is 5.91 Å². The Labute approximate surface area is 218 Å². The van der Waals surface area contributed by atoms with Gasteiger partial charge in [-0.15, -0.1) is 24.0 Å². The van der Waals surface area contributed by atoms with Crippen LogP contribution >= 0.6 is 24.0 Å². The molecule has 0 aliphatic carbocycles. The van der Waals surface area contributed by atoms with Gasteiger partial charge in [0, 0.05) is 38.4 Å². The van der Waals surface area contributed by atoms with Crippen molar-refractivity contribution in [1.82, 2.24) is 15.5 Å². The van der Waals surface area contributed by atoms with Crippen molar-refractivity contribution in [2.75, 3.05) is 25.5 Å². The van der Waals surface area contributed by atoms with E-state index in [1.54, 1.807) is 19.2 Å². The van der Waals surface area contributed by atoms with E-state index in [4.69, 9.17) is 4.42 Å². The lowest BCUT2D eigenvalue weighted by molar-refractivity contribution is 0.0996. The zero-order chi connectivity index (χ0) is 22.9. The van der Waals surface area contributed by atoms with Crippen LogP contribution in [0.5, 0.6) is 0 Å². The lowest BCUT2D eigenvalue weighted by atomic mass is 10.2. The van der Waals surface area contributed by atoms with E-state index in [1.165, 1.54) is 24.7 Å². The number of anilines is 1. The van der Waals surface area contributed by atoms with E-state index >= 15 is 0 Å². The number of hydrogen-bond donors (Lipinski definition) is 3. The molecule has 3 N–H and O–H groups in total. The molecule has 1 atom stereocenters. The van der Waals surface area contributed by atoms with Crippen molar-refractivity contribution in [2.45, 2.75) is 32.0 Å². The van der Waals surface area contributed by atoms with E-state index in [-0.39, 0.29) is 35.6 Å². The molecular weight excluding hydrogens is 541 g/mol. The number of hydrogen-bond acceptors (Lipinski definition) is 4. The summed E-state index contributed by atoms with van der Waals surface area (Å²) in [6, 6.07) is 22.2. The lowest BCUT2D eigenvalue weighted by Gasteiger charge is -2.25. The fourth-order valence-corrected chi connectivity index (χ4v) is 4.13. The highest BCUT2D eigenvalue weighted by Gasteiger charge is 2.24. The van der Waals surface area contributed by atoms with Crippen LogP contribution in [0.3, 0.4) is 0 Å². The summed E-state index contributed by atoms with van der Waals surface area (Å²) in [5.41, 5.74) is 3.12. The van der Waals surface area contributed by atoms with Crippen molar-refractivity contribution in [3.63, 3.8) is 0 Å². The molecule has 0 spiro atoms. The summed E-state index contributed by atoms with van der Waals surface area (Å²) in [5.74, 6) is 0.794. The molecule has 8 heteroatoms. The van der Waals surface area contributed by atoms with Crippen LogP contribution in [0.25, 0.3) is 0 Å². The molecule has 2 heterocycles. The van der Waals surface area contributed by atoms with Crippen molar-refractivity contribution in [3.8, 4) is 0 Å². The highest BCUT2D eigenvalue weighted by molar-refractivity contribution is 14.0. The van der Waals surface area contributed by atoms with Crippen molar-refractivity contribution >= 4 is 41.5 Å². The van der Waals surface area contributed by atoms with Gasteiger partial charge in [-0.3, -0.25) is 14.7 Å². The zero-order valence-electron chi connectivity index (χ0n) is 19.4. The maximum absolute atomic E-state index is 12.2. The summed E-state index contributed by atoms with van der Waals surface area (Å²) in [4.78, 5) is 19.1. The van der Waals surface area contributed by atoms with Gasteiger partial charge in [0.05, 0.1) is 6.26 Å². The van der Waals surface area contributed by atoms with Crippen LogP contribution < -0.4 is 16.0 Å². The highest BCUT2D eigenvalue weighted by atomic mass is 127. The average Bonchev–Trinajstić information content (AvgIpc) is 3.53. The molecule has 7 nitrogen and oxygen atoms in total. The number of amides is 1. The maximum atomic E-state index is 12.2. The first-order valence-electron chi connectivity index (χ1n) is 11.4. The largest absolute Gasteiger partial charge is 0.459 e. The number of nitrogens with zero attached hydrogens (tertiary/aromatic N) is 2. The molecule has 1 unspecified atom stereocenters. The quantitative estimate of drug-likeness (QED) is 0.211. The van der Waals surface area contributed by atoms with Gasteiger partial charge >= 0.3 is 0 Å². The predicted molar refractivity (Wildman–Crippen MR) is 147 cm³/mol. The Morgan fingerprint density at radius 1 is 1.06 bits per heavy atom. The second-order valence-electron chi connectivity index (χ2n) is 8.19. The fraction of sp³-hybridized carbons (Fsp3) is 0.308. The van der Waals surface area contributed by atoms with E-state index in [2.05, 4.69) is 56.2 Å². The van der Waals surface area contributed by atoms with Crippen LogP contribution in [0.2, 0.25) is 0 Å². The Balaban J connectivity index is 0.00000324. The second kappa shape index (κ2) is 13.1. The number of likely N-dealkylation sites (tertiary alicyclic amines) is 1. The van der Waals surface area contributed by atoms with Gasteiger partial charge in [0.15, 0.2) is 11.7 Å². The SMILES string of the molecule is CN=C(NCc1cccc(NC(=O)c2ccco2)c1)NCC1CCCN1Cc1ccccc1.I. The number of carbonyl (C=O) groups is 1. The minimum atomic E-state index is -0.265. The van der Waals surface area contributed by atoms with Crippen molar-refractivity contribution in [1.29, 1.82) is 0 Å². The van der Waals surface area contributed by atoms with Crippen LogP contribution in [-0.2, 0) is 13.1 Å². The number of benzene rings is 2. The molecule has 180 valence electrons. The third kappa shape index (κ3) is 7.33. The normalized spacial score (nSPS) is 16.0. The molecular formula is C26H32IN5O2. The number of aliphatic imine (C=N–C) groups is 1. The number of rotatable bonds is 8. The number of halogens is 1. The first-order chi connectivity index (χ1) is 16.2. The summed E-state index contributed by atoms with van der Waals surface area (Å²) in [6.45, 7) is 3.56. The molecule has 1 aliphatic rings. The summed E-state index contributed by atoms with van der Waals surface area (Å²) < 4.78 is 5.15.